The number of aromatic amines is 1. The van der Waals surface area contributed by atoms with Gasteiger partial charge in [0.05, 0.1) is 17.5 Å². The molecule has 148 valence electrons. The van der Waals surface area contributed by atoms with Crippen LogP contribution in [0.2, 0.25) is 0 Å². The zero-order chi connectivity index (χ0) is 20.9. The Balaban J connectivity index is 1.83. The van der Waals surface area contributed by atoms with E-state index in [2.05, 4.69) is 15.3 Å². The number of para-hydroxylation sites is 2. The van der Waals surface area contributed by atoms with Crippen molar-refractivity contribution in [3.05, 3.63) is 118 Å². The van der Waals surface area contributed by atoms with Crippen molar-refractivity contribution < 1.29 is 5.11 Å². The van der Waals surface area contributed by atoms with Crippen LogP contribution >= 0.6 is 0 Å². The van der Waals surface area contributed by atoms with E-state index in [1.165, 1.54) is 10.9 Å². The smallest absolute Gasteiger partial charge is 0.281 e. The van der Waals surface area contributed by atoms with Crippen molar-refractivity contribution in [3.63, 3.8) is 0 Å². The molecular formula is C24H20N4O2. The van der Waals surface area contributed by atoms with E-state index in [9.17, 15) is 9.90 Å². The number of phenolic OH excluding ortho intramolecular Hbond substituents is 1. The van der Waals surface area contributed by atoms with Gasteiger partial charge in [0.2, 0.25) is 0 Å². The summed E-state index contributed by atoms with van der Waals surface area (Å²) < 4.78 is 1.50. The molecule has 1 aromatic heterocycles. The van der Waals surface area contributed by atoms with E-state index in [1.54, 1.807) is 24.3 Å². The van der Waals surface area contributed by atoms with Crippen LogP contribution in [0.4, 0.5) is 0 Å². The molecule has 0 fully saturated rings. The Hall–Kier alpha value is -4.19. The van der Waals surface area contributed by atoms with Crippen LogP contribution in [0.15, 0.2) is 99.9 Å². The normalized spacial score (nSPS) is 11.8. The van der Waals surface area contributed by atoms with E-state index < -0.39 is 0 Å². The number of hydrogen-bond donors (Lipinski definition) is 2. The number of phenols is 1. The molecule has 0 saturated carbocycles. The molecule has 0 radical (unpaired) electrons. The maximum atomic E-state index is 13.3. The highest BCUT2D eigenvalue weighted by molar-refractivity contribution is 6.13. The Kier molecular flexibility index (Phi) is 5.39. The molecular weight excluding hydrogens is 376 g/mol. The molecule has 6 nitrogen and oxygen atoms in total. The van der Waals surface area contributed by atoms with Gasteiger partial charge in [-0.1, -0.05) is 60.7 Å². The summed E-state index contributed by atoms with van der Waals surface area (Å²) in [5.74, 6) is 0.113. The third-order valence-electron chi connectivity index (χ3n) is 4.66. The lowest BCUT2D eigenvalue weighted by atomic mass is 10.0. The molecule has 0 atom stereocenters. The van der Waals surface area contributed by atoms with E-state index in [-0.39, 0.29) is 11.3 Å². The highest BCUT2D eigenvalue weighted by Gasteiger charge is 2.19. The summed E-state index contributed by atoms with van der Waals surface area (Å²) in [5.41, 5.74) is 3.42. The van der Waals surface area contributed by atoms with E-state index in [0.29, 0.717) is 22.5 Å². The summed E-state index contributed by atoms with van der Waals surface area (Å²) in [7, 11) is 0. The number of nitrogens with zero attached hydrogens (tertiary/aromatic N) is 3. The van der Waals surface area contributed by atoms with Crippen LogP contribution in [0.25, 0.3) is 5.69 Å². The number of aromatic hydroxyl groups is 1. The fraction of sp³-hybridized carbons (Fsp3) is 0.0417. The van der Waals surface area contributed by atoms with Gasteiger partial charge in [0, 0.05) is 16.8 Å². The molecule has 0 spiro atoms. The minimum Gasteiger partial charge on any atom is -0.507 e. The van der Waals surface area contributed by atoms with E-state index in [1.807, 2.05) is 67.6 Å². The summed E-state index contributed by atoms with van der Waals surface area (Å²) in [4.78, 5) is 13.3. The first kappa shape index (κ1) is 19.1. The quantitative estimate of drug-likeness (QED) is 0.394. The monoisotopic (exact) mass is 396 g/mol. The number of aryl methyl sites for hydroxylation is 1. The third kappa shape index (κ3) is 3.84. The standard InChI is InChI=1S/C24H20N4O2/c1-17-22(24(30)28(27-17)20-13-6-3-7-14-20)23(18-10-4-2-5-11-18)26-25-16-19-12-8-9-15-21(19)29/h2-16,27,29H,1H3/b25-16+,26-23+. The van der Waals surface area contributed by atoms with Gasteiger partial charge in [-0.3, -0.25) is 9.89 Å². The number of rotatable bonds is 5. The van der Waals surface area contributed by atoms with Gasteiger partial charge in [-0.2, -0.15) is 5.10 Å². The predicted octanol–water partition coefficient (Wildman–Crippen LogP) is 4.05. The van der Waals surface area contributed by atoms with Gasteiger partial charge in [0.15, 0.2) is 0 Å². The topological polar surface area (TPSA) is 82.7 Å². The largest absolute Gasteiger partial charge is 0.507 e. The van der Waals surface area contributed by atoms with Crippen LogP contribution in [0, 0.1) is 6.92 Å². The van der Waals surface area contributed by atoms with Crippen LogP contribution in [0.5, 0.6) is 5.75 Å². The molecule has 1 heterocycles. The minimum absolute atomic E-state index is 0.113. The molecule has 4 aromatic rings. The molecule has 3 aromatic carbocycles. The highest BCUT2D eigenvalue weighted by atomic mass is 16.3. The SMILES string of the molecule is Cc1[nH]n(-c2ccccc2)c(=O)c1/C(=N/N=C/c1ccccc1O)c1ccccc1. The van der Waals surface area contributed by atoms with E-state index >= 15 is 0 Å². The lowest BCUT2D eigenvalue weighted by molar-refractivity contribution is 0.474. The third-order valence-corrected chi connectivity index (χ3v) is 4.66. The van der Waals surface area contributed by atoms with Crippen LogP contribution in [-0.4, -0.2) is 26.8 Å². The average Bonchev–Trinajstić information content (AvgIpc) is 3.08. The maximum Gasteiger partial charge on any atom is 0.281 e. The van der Waals surface area contributed by atoms with Crippen molar-refractivity contribution in [2.75, 3.05) is 0 Å². The fourth-order valence-electron chi connectivity index (χ4n) is 3.18. The summed E-state index contributed by atoms with van der Waals surface area (Å²) in [6.07, 6.45) is 1.47. The van der Waals surface area contributed by atoms with Gasteiger partial charge >= 0.3 is 0 Å². The predicted molar refractivity (Wildman–Crippen MR) is 119 cm³/mol. The number of benzene rings is 3. The van der Waals surface area contributed by atoms with Crippen LogP contribution in [0.3, 0.4) is 0 Å². The molecule has 0 aliphatic carbocycles. The number of aromatic nitrogens is 2. The minimum atomic E-state index is -0.209. The Labute approximate surface area is 173 Å². The van der Waals surface area contributed by atoms with Gasteiger partial charge in [0.1, 0.15) is 11.5 Å². The van der Waals surface area contributed by atoms with Gasteiger partial charge in [-0.15, -0.1) is 5.10 Å². The van der Waals surface area contributed by atoms with Gasteiger partial charge in [-0.25, -0.2) is 4.68 Å². The molecule has 0 bridgehead atoms. The molecule has 0 aliphatic heterocycles. The summed E-state index contributed by atoms with van der Waals surface area (Å²) in [6, 6.07) is 25.7. The zero-order valence-corrected chi connectivity index (χ0v) is 16.4. The first-order valence-corrected chi connectivity index (χ1v) is 9.47. The van der Waals surface area contributed by atoms with Crippen molar-refractivity contribution in [2.24, 2.45) is 10.2 Å². The summed E-state index contributed by atoms with van der Waals surface area (Å²) >= 11 is 0. The Bertz CT molecular complexity index is 1270. The molecule has 0 aliphatic rings. The van der Waals surface area contributed by atoms with E-state index in [4.69, 9.17) is 0 Å². The van der Waals surface area contributed by atoms with Gasteiger partial charge < -0.3 is 5.11 Å². The zero-order valence-electron chi connectivity index (χ0n) is 16.4. The lowest BCUT2D eigenvalue weighted by Crippen LogP contribution is -2.21. The molecule has 0 saturated heterocycles. The summed E-state index contributed by atoms with van der Waals surface area (Å²) in [5, 5.41) is 21.6. The highest BCUT2D eigenvalue weighted by Crippen LogP contribution is 2.15. The fourth-order valence-corrected chi connectivity index (χ4v) is 3.18. The first-order valence-electron chi connectivity index (χ1n) is 9.47. The molecule has 6 heteroatoms. The first-order chi connectivity index (χ1) is 14.6. The van der Waals surface area contributed by atoms with Crippen molar-refractivity contribution in [1.82, 2.24) is 9.78 Å². The number of nitrogens with one attached hydrogen (secondary N) is 1. The number of hydrogen-bond acceptors (Lipinski definition) is 4. The molecule has 4 rings (SSSR count). The number of H-pyrrole nitrogens is 1. The summed E-state index contributed by atoms with van der Waals surface area (Å²) in [6.45, 7) is 1.83. The molecule has 30 heavy (non-hydrogen) atoms. The van der Waals surface area contributed by atoms with E-state index in [0.717, 1.165) is 11.3 Å². The van der Waals surface area contributed by atoms with Crippen LogP contribution in [0.1, 0.15) is 22.4 Å². The van der Waals surface area contributed by atoms with Crippen LogP contribution in [-0.2, 0) is 0 Å². The van der Waals surface area contributed by atoms with Crippen LogP contribution < -0.4 is 5.56 Å². The second-order valence-corrected chi connectivity index (χ2v) is 6.71. The molecule has 0 amide bonds. The van der Waals surface area contributed by atoms with Gasteiger partial charge in [-0.05, 0) is 31.2 Å². The molecule has 0 unspecified atom stereocenters. The van der Waals surface area contributed by atoms with Crippen molar-refractivity contribution >= 4 is 11.9 Å². The second kappa shape index (κ2) is 8.45. The maximum absolute atomic E-state index is 13.3. The Morgan fingerprint density at radius 1 is 0.933 bits per heavy atom. The molecule has 2 N–H and O–H groups in total. The Morgan fingerprint density at radius 3 is 2.27 bits per heavy atom. The Morgan fingerprint density at radius 2 is 1.57 bits per heavy atom. The lowest BCUT2D eigenvalue weighted by Gasteiger charge is -2.03. The van der Waals surface area contributed by atoms with Crippen molar-refractivity contribution in [3.8, 4) is 11.4 Å². The van der Waals surface area contributed by atoms with Crippen molar-refractivity contribution in [2.45, 2.75) is 6.92 Å². The second-order valence-electron chi connectivity index (χ2n) is 6.71. The van der Waals surface area contributed by atoms with Gasteiger partial charge in [0.25, 0.3) is 5.56 Å². The van der Waals surface area contributed by atoms with Crippen molar-refractivity contribution in [1.29, 1.82) is 0 Å². The average molecular weight is 396 g/mol.